The highest BCUT2D eigenvalue weighted by Crippen LogP contribution is 2.20. The Kier molecular flexibility index (Phi) is 5.09. The Balaban J connectivity index is 2.79. The van der Waals surface area contributed by atoms with E-state index in [-0.39, 0.29) is 13.0 Å². The van der Waals surface area contributed by atoms with E-state index in [0.717, 1.165) is 0 Å². The molecule has 0 saturated heterocycles. The smallest absolute Gasteiger partial charge is 0.307 e. The number of nitrogens with two attached hydrogens (primary N) is 1. The maximum atomic E-state index is 10.6. The van der Waals surface area contributed by atoms with Gasteiger partial charge < -0.3 is 21.1 Å². The zero-order valence-electron chi connectivity index (χ0n) is 9.41. The summed E-state index contributed by atoms with van der Waals surface area (Å²) in [6.45, 7) is 0.285. The van der Waals surface area contributed by atoms with E-state index >= 15 is 0 Å². The molecule has 1 aromatic carbocycles. The number of aliphatic hydroxyl groups excluding tert-OH is 2. The topological polar surface area (TPSA) is 104 Å². The third-order valence-corrected chi connectivity index (χ3v) is 2.47. The number of hydrogen-bond donors (Lipinski definition) is 4. The molecule has 2 atom stereocenters. The molecule has 5 nitrogen and oxygen atoms in total. The fraction of sp³-hybridized carbons (Fsp3) is 0.417. The standard InChI is InChI=1S/C12H17NO4/c13-5-4-10(14)12(17)9-3-1-2-8(6-9)7-11(15)16/h1-3,6,10,12,14,17H,4-5,7,13H2,(H,15,16). The fourth-order valence-corrected chi connectivity index (χ4v) is 1.61. The Morgan fingerprint density at radius 1 is 1.35 bits per heavy atom. The van der Waals surface area contributed by atoms with Crippen LogP contribution in [0.4, 0.5) is 0 Å². The van der Waals surface area contributed by atoms with Crippen molar-refractivity contribution in [3.63, 3.8) is 0 Å². The van der Waals surface area contributed by atoms with Crippen LogP contribution in [0.1, 0.15) is 23.7 Å². The van der Waals surface area contributed by atoms with Gasteiger partial charge in [0.15, 0.2) is 0 Å². The molecule has 5 N–H and O–H groups in total. The number of carboxylic acids is 1. The fourth-order valence-electron chi connectivity index (χ4n) is 1.61. The maximum Gasteiger partial charge on any atom is 0.307 e. The molecule has 1 rings (SSSR count). The molecule has 17 heavy (non-hydrogen) atoms. The molecule has 0 aliphatic heterocycles. The largest absolute Gasteiger partial charge is 0.481 e. The quantitative estimate of drug-likeness (QED) is 0.562. The molecule has 0 spiro atoms. The van der Waals surface area contributed by atoms with Gasteiger partial charge in [0.25, 0.3) is 0 Å². The highest BCUT2D eigenvalue weighted by molar-refractivity contribution is 5.70. The van der Waals surface area contributed by atoms with Crippen LogP contribution in [0.3, 0.4) is 0 Å². The summed E-state index contributed by atoms with van der Waals surface area (Å²) in [5, 5.41) is 28.1. The molecule has 0 aliphatic carbocycles. The van der Waals surface area contributed by atoms with Crippen molar-refractivity contribution in [2.45, 2.75) is 25.0 Å². The Morgan fingerprint density at radius 3 is 2.65 bits per heavy atom. The van der Waals surface area contributed by atoms with Gasteiger partial charge in [-0.15, -0.1) is 0 Å². The molecular formula is C12H17NO4. The number of hydrogen-bond acceptors (Lipinski definition) is 4. The minimum absolute atomic E-state index is 0.104. The Labute approximate surface area is 99.5 Å². The minimum atomic E-state index is -1.03. The monoisotopic (exact) mass is 239 g/mol. The molecule has 94 valence electrons. The van der Waals surface area contributed by atoms with Gasteiger partial charge in [0.1, 0.15) is 6.10 Å². The van der Waals surface area contributed by atoms with Gasteiger partial charge in [-0.3, -0.25) is 4.79 Å². The minimum Gasteiger partial charge on any atom is -0.481 e. The number of benzene rings is 1. The lowest BCUT2D eigenvalue weighted by Crippen LogP contribution is -2.21. The third kappa shape index (κ3) is 4.14. The van der Waals surface area contributed by atoms with Crippen molar-refractivity contribution in [3.05, 3.63) is 35.4 Å². The summed E-state index contributed by atoms with van der Waals surface area (Å²) in [5.41, 5.74) is 6.39. The number of carboxylic acid groups (broad SMARTS) is 1. The molecule has 5 heteroatoms. The van der Waals surface area contributed by atoms with Crippen LogP contribution in [-0.2, 0) is 11.2 Å². The summed E-state index contributed by atoms with van der Waals surface area (Å²) in [6.07, 6.45) is -1.77. The van der Waals surface area contributed by atoms with Gasteiger partial charge in [-0.2, -0.15) is 0 Å². The van der Waals surface area contributed by atoms with Crippen LogP contribution < -0.4 is 5.73 Å². The molecule has 0 saturated carbocycles. The predicted molar refractivity (Wildman–Crippen MR) is 62.4 cm³/mol. The van der Waals surface area contributed by atoms with Crippen LogP contribution >= 0.6 is 0 Å². The van der Waals surface area contributed by atoms with E-state index in [1.807, 2.05) is 0 Å². The van der Waals surface area contributed by atoms with Crippen molar-refractivity contribution in [2.75, 3.05) is 6.54 Å². The zero-order valence-corrected chi connectivity index (χ0v) is 9.41. The molecule has 0 radical (unpaired) electrons. The van der Waals surface area contributed by atoms with Crippen molar-refractivity contribution in [1.29, 1.82) is 0 Å². The van der Waals surface area contributed by atoms with Gasteiger partial charge in [-0.1, -0.05) is 24.3 Å². The van der Waals surface area contributed by atoms with Crippen molar-refractivity contribution in [2.24, 2.45) is 5.73 Å². The summed E-state index contributed by atoms with van der Waals surface area (Å²) in [7, 11) is 0. The third-order valence-electron chi connectivity index (χ3n) is 2.47. The molecule has 0 fully saturated rings. The molecule has 0 aliphatic rings. The molecule has 2 unspecified atom stereocenters. The summed E-state index contributed by atoms with van der Waals surface area (Å²) in [4.78, 5) is 10.6. The van der Waals surface area contributed by atoms with E-state index in [4.69, 9.17) is 10.8 Å². The number of aliphatic carboxylic acids is 1. The van der Waals surface area contributed by atoms with Gasteiger partial charge in [-0.05, 0) is 24.1 Å². The molecule has 0 heterocycles. The number of aliphatic hydroxyl groups is 2. The normalized spacial score (nSPS) is 14.3. The van der Waals surface area contributed by atoms with Gasteiger partial charge in [0.2, 0.25) is 0 Å². The Bertz CT molecular complexity index is 381. The van der Waals surface area contributed by atoms with E-state index in [1.165, 1.54) is 0 Å². The molecule has 1 aromatic rings. The van der Waals surface area contributed by atoms with Crippen LogP contribution in [0, 0.1) is 0 Å². The van der Waals surface area contributed by atoms with E-state index in [2.05, 4.69) is 0 Å². The average Bonchev–Trinajstić information content (AvgIpc) is 2.28. The van der Waals surface area contributed by atoms with Gasteiger partial charge in [-0.25, -0.2) is 0 Å². The van der Waals surface area contributed by atoms with Crippen molar-refractivity contribution >= 4 is 5.97 Å². The lowest BCUT2D eigenvalue weighted by Gasteiger charge is -2.17. The van der Waals surface area contributed by atoms with Crippen LogP contribution in [-0.4, -0.2) is 33.9 Å². The van der Waals surface area contributed by atoms with Crippen LogP contribution in [0.15, 0.2) is 24.3 Å². The molecule has 0 amide bonds. The summed E-state index contributed by atoms with van der Waals surface area (Å²) in [5.74, 6) is -0.931. The van der Waals surface area contributed by atoms with Crippen LogP contribution in [0.25, 0.3) is 0 Å². The average molecular weight is 239 g/mol. The summed E-state index contributed by atoms with van der Waals surface area (Å²) < 4.78 is 0. The number of rotatable bonds is 6. The first kappa shape index (κ1) is 13.6. The summed E-state index contributed by atoms with van der Waals surface area (Å²) >= 11 is 0. The first-order valence-corrected chi connectivity index (χ1v) is 5.41. The van der Waals surface area contributed by atoms with Crippen LogP contribution in [0.5, 0.6) is 0 Å². The highest BCUT2D eigenvalue weighted by atomic mass is 16.4. The maximum absolute atomic E-state index is 10.6. The van der Waals surface area contributed by atoms with Gasteiger partial charge in [0, 0.05) is 0 Å². The second kappa shape index (κ2) is 6.34. The number of carbonyl (C=O) groups is 1. The van der Waals surface area contributed by atoms with E-state index in [0.29, 0.717) is 17.5 Å². The van der Waals surface area contributed by atoms with E-state index < -0.39 is 18.2 Å². The zero-order chi connectivity index (χ0) is 12.8. The van der Waals surface area contributed by atoms with Crippen molar-refractivity contribution in [1.82, 2.24) is 0 Å². The second-order valence-electron chi connectivity index (χ2n) is 3.91. The van der Waals surface area contributed by atoms with E-state index in [9.17, 15) is 15.0 Å². The van der Waals surface area contributed by atoms with Crippen molar-refractivity contribution in [3.8, 4) is 0 Å². The highest BCUT2D eigenvalue weighted by Gasteiger charge is 2.17. The first-order valence-electron chi connectivity index (χ1n) is 5.41. The lowest BCUT2D eigenvalue weighted by molar-refractivity contribution is -0.136. The SMILES string of the molecule is NCCC(O)C(O)c1cccc(CC(=O)O)c1. The van der Waals surface area contributed by atoms with Crippen molar-refractivity contribution < 1.29 is 20.1 Å². The molecule has 0 aromatic heterocycles. The Hall–Kier alpha value is -1.43. The van der Waals surface area contributed by atoms with E-state index in [1.54, 1.807) is 24.3 Å². The molecular weight excluding hydrogens is 222 g/mol. The van der Waals surface area contributed by atoms with Crippen LogP contribution in [0.2, 0.25) is 0 Å². The first-order chi connectivity index (χ1) is 8.04. The lowest BCUT2D eigenvalue weighted by atomic mass is 9.99. The molecule has 0 bridgehead atoms. The predicted octanol–water partition coefficient (Wildman–Crippen LogP) is 0.0568. The van der Waals surface area contributed by atoms with Gasteiger partial charge in [0.05, 0.1) is 12.5 Å². The van der Waals surface area contributed by atoms with Gasteiger partial charge >= 0.3 is 5.97 Å². The Morgan fingerprint density at radius 2 is 2.06 bits per heavy atom. The second-order valence-corrected chi connectivity index (χ2v) is 3.91. The summed E-state index contributed by atoms with van der Waals surface area (Å²) in [6, 6.07) is 6.56.